The number of benzene rings is 3. The maximum atomic E-state index is 13.9. The average Bonchev–Trinajstić information content (AvgIpc) is 4.10. The molecule has 8 rings (SSSR count). The molecule has 0 aliphatic carbocycles. The maximum Gasteiger partial charge on any atom is 0.408 e. The molecule has 13 nitrogen and oxygen atoms in total. The highest BCUT2D eigenvalue weighted by atomic mass is 16.5. The van der Waals surface area contributed by atoms with E-state index in [-0.39, 0.29) is 40.8 Å². The molecule has 2 aromatic heterocycles. The Bertz CT molecular complexity index is 2460. The number of methoxy groups -OCH3 is 1. The standard InChI is InChI=1S/C50H64N8O5/c1-30(2)42(55-46(60)63-9)44(59)56-26-10-12-41(56)43-52-36-22-17-33(28-37(36)53-43)40-24-23-39(58(40)35-20-18-34(19-21-35)48(3,4)5)32-15-13-31(14-16-32)38-29-51-45(54-38)50(49(6,7)8)25-11-27-57(50)47(61)62/h13-22,28-30,39-42H,10-12,23-27H2,1-9H3,(H,51,54)(H,52,53)(H,55,60)(H,61,62)/t39?,40?,41?,42?,50-/m1/s1. The van der Waals surface area contributed by atoms with E-state index in [9.17, 15) is 19.5 Å². The fraction of sp³-hybridized carbons (Fsp3) is 0.500. The van der Waals surface area contributed by atoms with Gasteiger partial charge in [0.05, 0.1) is 48.2 Å². The summed E-state index contributed by atoms with van der Waals surface area (Å²) in [5, 5.41) is 12.9. The molecular weight excluding hydrogens is 793 g/mol. The molecule has 0 bridgehead atoms. The van der Waals surface area contributed by atoms with Crippen molar-refractivity contribution < 1.29 is 24.2 Å². The Kier molecular flexibility index (Phi) is 11.6. The lowest BCUT2D eigenvalue weighted by atomic mass is 9.71. The lowest BCUT2D eigenvalue weighted by molar-refractivity contribution is -0.135. The Hall–Kier alpha value is -5.85. The number of alkyl carbamates (subject to hydrolysis) is 1. The number of imidazole rings is 2. The molecule has 3 amide bonds. The highest BCUT2D eigenvalue weighted by molar-refractivity contribution is 5.86. The maximum absolute atomic E-state index is 13.9. The zero-order chi connectivity index (χ0) is 45.0. The number of carboxylic acid groups (broad SMARTS) is 1. The van der Waals surface area contributed by atoms with E-state index in [1.54, 1.807) is 4.90 Å². The van der Waals surface area contributed by atoms with Gasteiger partial charge in [0, 0.05) is 18.8 Å². The van der Waals surface area contributed by atoms with Crippen molar-refractivity contribution >= 4 is 34.8 Å². The first kappa shape index (κ1) is 43.8. The summed E-state index contributed by atoms with van der Waals surface area (Å²) in [5.41, 5.74) is 7.43. The first-order valence-electron chi connectivity index (χ1n) is 22.6. The molecule has 5 heterocycles. The number of aromatic amines is 2. The van der Waals surface area contributed by atoms with Crippen LogP contribution in [0.2, 0.25) is 0 Å². The van der Waals surface area contributed by atoms with E-state index in [0.29, 0.717) is 18.9 Å². The van der Waals surface area contributed by atoms with Crippen molar-refractivity contribution in [3.63, 3.8) is 0 Å². The van der Waals surface area contributed by atoms with E-state index in [2.05, 4.69) is 128 Å². The largest absolute Gasteiger partial charge is 0.465 e. The number of nitrogens with one attached hydrogen (secondary N) is 3. The van der Waals surface area contributed by atoms with Gasteiger partial charge in [0.25, 0.3) is 0 Å². The number of likely N-dealkylation sites (tertiary alicyclic amines) is 2. The summed E-state index contributed by atoms with van der Waals surface area (Å²) in [6.45, 7) is 17.9. The van der Waals surface area contributed by atoms with Crippen molar-refractivity contribution in [1.82, 2.24) is 35.1 Å². The number of aromatic nitrogens is 4. The van der Waals surface area contributed by atoms with Gasteiger partial charge in [0.1, 0.15) is 23.2 Å². The molecule has 5 atom stereocenters. The van der Waals surface area contributed by atoms with E-state index in [1.807, 2.05) is 24.9 Å². The predicted octanol–water partition coefficient (Wildman–Crippen LogP) is 10.4. The van der Waals surface area contributed by atoms with Gasteiger partial charge in [-0.25, -0.2) is 19.6 Å². The van der Waals surface area contributed by atoms with Crippen LogP contribution < -0.4 is 10.2 Å². The average molecular weight is 857 g/mol. The third-order valence-electron chi connectivity index (χ3n) is 14.0. The highest BCUT2D eigenvalue weighted by Gasteiger charge is 2.55. The quantitative estimate of drug-likeness (QED) is 0.114. The summed E-state index contributed by atoms with van der Waals surface area (Å²) < 4.78 is 4.83. The van der Waals surface area contributed by atoms with E-state index in [1.165, 1.54) is 23.8 Å². The summed E-state index contributed by atoms with van der Waals surface area (Å²) in [5.74, 6) is 1.21. The number of hydrogen-bond acceptors (Lipinski definition) is 7. The minimum Gasteiger partial charge on any atom is -0.465 e. The molecule has 3 saturated heterocycles. The second-order valence-corrected chi connectivity index (χ2v) is 20.2. The predicted molar refractivity (Wildman–Crippen MR) is 245 cm³/mol. The van der Waals surface area contributed by atoms with Crippen molar-refractivity contribution in [2.75, 3.05) is 25.1 Å². The van der Waals surface area contributed by atoms with Crippen LogP contribution in [0, 0.1) is 11.3 Å². The zero-order valence-corrected chi connectivity index (χ0v) is 38.3. The monoisotopic (exact) mass is 856 g/mol. The van der Waals surface area contributed by atoms with E-state index < -0.39 is 23.8 Å². The van der Waals surface area contributed by atoms with Crippen LogP contribution in [0.3, 0.4) is 0 Å². The van der Waals surface area contributed by atoms with Crippen LogP contribution in [0.15, 0.2) is 72.9 Å². The van der Waals surface area contributed by atoms with Crippen LogP contribution in [0.25, 0.3) is 22.3 Å². The lowest BCUT2D eigenvalue weighted by Crippen LogP contribution is -2.53. The number of carbonyl (C=O) groups excluding carboxylic acids is 2. The summed E-state index contributed by atoms with van der Waals surface area (Å²) in [7, 11) is 1.31. The van der Waals surface area contributed by atoms with Gasteiger partial charge in [-0.05, 0) is 102 Å². The fourth-order valence-corrected chi connectivity index (χ4v) is 10.6. The Balaban J connectivity index is 1.08. The molecule has 334 valence electrons. The van der Waals surface area contributed by atoms with Gasteiger partial charge >= 0.3 is 12.2 Å². The van der Waals surface area contributed by atoms with Gasteiger partial charge in [-0.2, -0.15) is 0 Å². The van der Waals surface area contributed by atoms with Crippen LogP contribution in [-0.4, -0.2) is 79.2 Å². The van der Waals surface area contributed by atoms with Crippen LogP contribution in [0.4, 0.5) is 15.3 Å². The topological polar surface area (TPSA) is 160 Å². The Morgan fingerprint density at radius 2 is 1.54 bits per heavy atom. The zero-order valence-electron chi connectivity index (χ0n) is 38.3. The van der Waals surface area contributed by atoms with Gasteiger partial charge in [-0.3, -0.25) is 9.69 Å². The van der Waals surface area contributed by atoms with Crippen LogP contribution in [-0.2, 0) is 20.5 Å². The van der Waals surface area contributed by atoms with Gasteiger partial charge < -0.3 is 34.9 Å². The molecule has 3 aliphatic heterocycles. The number of nitrogens with zero attached hydrogens (tertiary/aromatic N) is 5. The van der Waals surface area contributed by atoms with Crippen molar-refractivity contribution in [3.05, 3.63) is 101 Å². The second-order valence-electron chi connectivity index (χ2n) is 20.2. The minimum absolute atomic E-state index is 0.0251. The SMILES string of the molecule is COC(=O)NC(C(=O)N1CCCC1c1nc2ccc(C3CCC(c4ccc(-c5cnc([C@@]6(C(C)(C)C)CCCN6C(=O)O)[nH]5)cc4)N3c3ccc(C(C)(C)C)cc3)cc2[nH]1)C(C)C. The Labute approximate surface area is 371 Å². The Morgan fingerprint density at radius 1 is 0.857 bits per heavy atom. The summed E-state index contributed by atoms with van der Waals surface area (Å²) in [4.78, 5) is 61.5. The number of anilines is 1. The van der Waals surface area contributed by atoms with E-state index in [0.717, 1.165) is 72.3 Å². The van der Waals surface area contributed by atoms with E-state index >= 15 is 0 Å². The number of H-pyrrole nitrogens is 2. The molecule has 0 radical (unpaired) electrons. The second kappa shape index (κ2) is 16.7. The smallest absolute Gasteiger partial charge is 0.408 e. The molecule has 3 aliphatic rings. The van der Waals surface area contributed by atoms with Gasteiger partial charge in [0.15, 0.2) is 0 Å². The molecular formula is C50H64N8O5. The third kappa shape index (κ3) is 8.03. The fourth-order valence-electron chi connectivity index (χ4n) is 10.6. The molecule has 0 saturated carbocycles. The normalized spacial score (nSPS) is 22.3. The van der Waals surface area contributed by atoms with Crippen molar-refractivity contribution in [3.8, 4) is 11.3 Å². The van der Waals surface area contributed by atoms with Crippen molar-refractivity contribution in [2.24, 2.45) is 11.3 Å². The van der Waals surface area contributed by atoms with Gasteiger partial charge in [0.2, 0.25) is 5.91 Å². The van der Waals surface area contributed by atoms with Gasteiger partial charge in [-0.15, -0.1) is 0 Å². The van der Waals surface area contributed by atoms with Crippen molar-refractivity contribution in [1.29, 1.82) is 0 Å². The highest BCUT2D eigenvalue weighted by Crippen LogP contribution is 2.51. The summed E-state index contributed by atoms with van der Waals surface area (Å²) >= 11 is 0. The summed E-state index contributed by atoms with van der Waals surface area (Å²) in [6, 6.07) is 23.6. The third-order valence-corrected chi connectivity index (χ3v) is 14.0. The lowest BCUT2D eigenvalue weighted by Gasteiger charge is -2.45. The van der Waals surface area contributed by atoms with Crippen LogP contribution in [0.5, 0.6) is 0 Å². The van der Waals surface area contributed by atoms with Crippen molar-refractivity contribution in [2.45, 2.75) is 129 Å². The number of carbonyl (C=O) groups is 3. The van der Waals surface area contributed by atoms with Crippen LogP contribution in [0.1, 0.15) is 140 Å². The van der Waals surface area contributed by atoms with Gasteiger partial charge in [-0.1, -0.05) is 97.9 Å². The number of amides is 3. The molecule has 5 aromatic rings. The summed E-state index contributed by atoms with van der Waals surface area (Å²) in [6.07, 6.45) is 5.36. The Morgan fingerprint density at radius 3 is 2.17 bits per heavy atom. The minimum atomic E-state index is -0.914. The molecule has 0 spiro atoms. The molecule has 3 fully saturated rings. The first-order valence-corrected chi connectivity index (χ1v) is 22.6. The molecule has 4 unspecified atom stereocenters. The number of hydrogen-bond donors (Lipinski definition) is 4. The molecule has 13 heteroatoms. The number of ether oxygens (including phenoxy) is 1. The first-order chi connectivity index (χ1) is 29.9. The van der Waals surface area contributed by atoms with E-state index in [4.69, 9.17) is 14.7 Å². The number of rotatable bonds is 9. The number of fused-ring (bicyclic) bond motifs is 1. The van der Waals surface area contributed by atoms with Crippen LogP contribution >= 0.6 is 0 Å². The molecule has 4 N–H and O–H groups in total. The molecule has 3 aromatic carbocycles. The molecule has 63 heavy (non-hydrogen) atoms.